The van der Waals surface area contributed by atoms with Gasteiger partial charge in [0.25, 0.3) is 0 Å². The molecule has 0 radical (unpaired) electrons. The maximum Gasteiger partial charge on any atom is 0.191 e. The quantitative estimate of drug-likeness (QED) is 0.157. The lowest BCUT2D eigenvalue weighted by Crippen LogP contribution is -2.38. The summed E-state index contributed by atoms with van der Waals surface area (Å²) in [7, 11) is 0. The first-order valence-electron chi connectivity index (χ1n) is 10.6. The van der Waals surface area contributed by atoms with Crippen LogP contribution in [0.2, 0.25) is 0 Å². The van der Waals surface area contributed by atoms with Gasteiger partial charge < -0.3 is 19.6 Å². The fourth-order valence-corrected chi connectivity index (χ4v) is 3.66. The summed E-state index contributed by atoms with van der Waals surface area (Å²) in [6, 6.07) is 14.3. The second kappa shape index (κ2) is 11.1. The molecular weight excluding hydrogens is 501 g/mol. The summed E-state index contributed by atoms with van der Waals surface area (Å²) in [4.78, 5) is 14.0. The number of para-hydroxylation sites is 2. The Morgan fingerprint density at radius 2 is 1.90 bits per heavy atom. The minimum Gasteiger partial charge on any atom is -0.357 e. The highest BCUT2D eigenvalue weighted by Gasteiger charge is 2.06. The molecule has 4 aromatic rings. The number of halogens is 1. The lowest BCUT2D eigenvalue weighted by molar-refractivity contribution is 0.645. The van der Waals surface area contributed by atoms with Crippen molar-refractivity contribution in [3.63, 3.8) is 0 Å². The van der Waals surface area contributed by atoms with Crippen molar-refractivity contribution in [2.45, 2.75) is 33.2 Å². The first-order chi connectivity index (χ1) is 14.7. The van der Waals surface area contributed by atoms with Crippen molar-refractivity contribution >= 4 is 46.6 Å². The summed E-state index contributed by atoms with van der Waals surface area (Å²) in [6.45, 7) is 7.45. The van der Waals surface area contributed by atoms with Crippen LogP contribution in [-0.4, -0.2) is 44.5 Å². The predicted molar refractivity (Wildman–Crippen MR) is 137 cm³/mol. The number of nitrogens with zero attached hydrogens (tertiary/aromatic N) is 5. The Bertz CT molecular complexity index is 1110. The third kappa shape index (κ3) is 5.75. The Labute approximate surface area is 200 Å². The van der Waals surface area contributed by atoms with E-state index in [0.29, 0.717) is 0 Å². The smallest absolute Gasteiger partial charge is 0.191 e. The maximum atomic E-state index is 4.73. The SMILES string of the molecule is CCNC(=NCCCn1c(C)nc2ccccc21)NCCc1cn2ccccc2n1.I. The van der Waals surface area contributed by atoms with Crippen molar-refractivity contribution in [3.8, 4) is 0 Å². The van der Waals surface area contributed by atoms with E-state index in [1.807, 2.05) is 30.5 Å². The number of aliphatic imine (C=N–C) groups is 1. The van der Waals surface area contributed by atoms with Crippen molar-refractivity contribution in [2.75, 3.05) is 19.6 Å². The molecule has 4 rings (SSSR count). The molecule has 8 heteroatoms. The zero-order chi connectivity index (χ0) is 20.8. The minimum absolute atomic E-state index is 0. The molecule has 164 valence electrons. The number of pyridine rings is 1. The topological polar surface area (TPSA) is 71.5 Å². The molecule has 0 atom stereocenters. The number of aromatic nitrogens is 4. The molecule has 0 aliphatic carbocycles. The molecule has 0 unspecified atom stereocenters. The van der Waals surface area contributed by atoms with Gasteiger partial charge in [0.1, 0.15) is 11.5 Å². The fourth-order valence-electron chi connectivity index (χ4n) is 3.66. The molecule has 0 saturated carbocycles. The molecule has 3 aromatic heterocycles. The van der Waals surface area contributed by atoms with Crippen molar-refractivity contribution in [2.24, 2.45) is 4.99 Å². The van der Waals surface area contributed by atoms with Gasteiger partial charge in [0.15, 0.2) is 5.96 Å². The summed E-state index contributed by atoms with van der Waals surface area (Å²) in [6.07, 6.45) is 5.92. The van der Waals surface area contributed by atoms with Crippen LogP contribution >= 0.6 is 24.0 Å². The number of hydrogen-bond donors (Lipinski definition) is 2. The second-order valence-corrected chi connectivity index (χ2v) is 7.29. The van der Waals surface area contributed by atoms with Gasteiger partial charge in [-0.05, 0) is 44.5 Å². The molecule has 2 N–H and O–H groups in total. The molecular formula is C23H30IN7. The highest BCUT2D eigenvalue weighted by atomic mass is 127. The molecule has 1 aromatic carbocycles. The molecule has 7 nitrogen and oxygen atoms in total. The minimum atomic E-state index is 0. The monoisotopic (exact) mass is 531 g/mol. The average molecular weight is 531 g/mol. The lowest BCUT2D eigenvalue weighted by atomic mass is 10.3. The van der Waals surface area contributed by atoms with Crippen LogP contribution < -0.4 is 10.6 Å². The molecule has 3 heterocycles. The van der Waals surface area contributed by atoms with Crippen molar-refractivity contribution < 1.29 is 0 Å². The molecule has 0 saturated heterocycles. The van der Waals surface area contributed by atoms with Gasteiger partial charge in [-0.1, -0.05) is 18.2 Å². The average Bonchev–Trinajstić information content (AvgIpc) is 3.31. The highest BCUT2D eigenvalue weighted by Crippen LogP contribution is 2.15. The van der Waals surface area contributed by atoms with Gasteiger partial charge in [0, 0.05) is 45.0 Å². The van der Waals surface area contributed by atoms with Crippen LogP contribution in [0.4, 0.5) is 0 Å². The van der Waals surface area contributed by atoms with Gasteiger partial charge in [0.05, 0.1) is 16.7 Å². The Hall–Kier alpha value is -2.62. The number of benzene rings is 1. The van der Waals surface area contributed by atoms with Crippen LogP contribution in [0.1, 0.15) is 24.9 Å². The standard InChI is InChI=1S/C23H29N7.HI/c1-3-24-23(26-14-12-19-17-29-15-7-6-11-22(29)28-19)25-13-8-16-30-18(2)27-20-9-4-5-10-21(20)30;/h4-7,9-11,15,17H,3,8,12-14,16H2,1-2H3,(H2,24,25,26);1H. The normalized spacial score (nSPS) is 11.6. The van der Waals surface area contributed by atoms with Crippen LogP contribution in [0, 0.1) is 6.92 Å². The Kier molecular flexibility index (Phi) is 8.27. The van der Waals surface area contributed by atoms with Crippen molar-refractivity contribution in [1.82, 2.24) is 29.6 Å². The van der Waals surface area contributed by atoms with E-state index in [9.17, 15) is 0 Å². The van der Waals surface area contributed by atoms with E-state index in [1.165, 1.54) is 5.52 Å². The molecule has 0 fully saturated rings. The number of hydrogen-bond acceptors (Lipinski definition) is 3. The third-order valence-corrected chi connectivity index (χ3v) is 5.09. The second-order valence-electron chi connectivity index (χ2n) is 7.29. The number of fused-ring (bicyclic) bond motifs is 2. The van der Waals surface area contributed by atoms with Crippen LogP contribution in [0.3, 0.4) is 0 Å². The van der Waals surface area contributed by atoms with Gasteiger partial charge >= 0.3 is 0 Å². The molecule has 0 amide bonds. The van der Waals surface area contributed by atoms with Gasteiger partial charge in [-0.25, -0.2) is 9.97 Å². The Morgan fingerprint density at radius 1 is 1.06 bits per heavy atom. The van der Waals surface area contributed by atoms with Crippen molar-refractivity contribution in [3.05, 3.63) is 66.4 Å². The number of aryl methyl sites for hydroxylation is 2. The van der Waals surface area contributed by atoms with Gasteiger partial charge in [0.2, 0.25) is 0 Å². The van der Waals surface area contributed by atoms with Gasteiger partial charge in [-0.2, -0.15) is 0 Å². The largest absolute Gasteiger partial charge is 0.357 e. The van der Waals surface area contributed by atoms with Crippen molar-refractivity contribution in [1.29, 1.82) is 0 Å². The number of rotatable bonds is 8. The Balaban J connectivity index is 0.00000272. The van der Waals surface area contributed by atoms with E-state index < -0.39 is 0 Å². The van der Waals surface area contributed by atoms with Gasteiger partial charge in [-0.15, -0.1) is 24.0 Å². The highest BCUT2D eigenvalue weighted by molar-refractivity contribution is 14.0. The van der Waals surface area contributed by atoms with Crippen LogP contribution in [0.15, 0.2) is 59.9 Å². The summed E-state index contributed by atoms with van der Waals surface area (Å²) >= 11 is 0. The van der Waals surface area contributed by atoms with Crippen LogP contribution in [0.5, 0.6) is 0 Å². The molecule has 31 heavy (non-hydrogen) atoms. The summed E-state index contributed by atoms with van der Waals surface area (Å²) in [5.41, 5.74) is 4.30. The van der Waals surface area contributed by atoms with Crippen LogP contribution in [-0.2, 0) is 13.0 Å². The van der Waals surface area contributed by atoms with E-state index in [4.69, 9.17) is 4.99 Å². The van der Waals surface area contributed by atoms with E-state index >= 15 is 0 Å². The summed E-state index contributed by atoms with van der Waals surface area (Å²) < 4.78 is 4.32. The number of nitrogens with one attached hydrogen (secondary N) is 2. The third-order valence-electron chi connectivity index (χ3n) is 5.09. The first kappa shape index (κ1) is 23.1. The van der Waals surface area contributed by atoms with E-state index in [2.05, 4.69) is 67.8 Å². The zero-order valence-electron chi connectivity index (χ0n) is 18.1. The zero-order valence-corrected chi connectivity index (χ0v) is 20.4. The number of imidazole rings is 2. The lowest BCUT2D eigenvalue weighted by Gasteiger charge is -2.11. The van der Waals surface area contributed by atoms with Gasteiger partial charge in [-0.3, -0.25) is 4.99 Å². The molecule has 0 aliphatic heterocycles. The van der Waals surface area contributed by atoms with E-state index in [-0.39, 0.29) is 24.0 Å². The Morgan fingerprint density at radius 3 is 2.74 bits per heavy atom. The maximum absolute atomic E-state index is 4.73. The molecule has 0 spiro atoms. The van der Waals surface area contributed by atoms with E-state index in [1.54, 1.807) is 0 Å². The molecule has 0 aliphatic rings. The summed E-state index contributed by atoms with van der Waals surface area (Å²) in [5, 5.41) is 6.74. The molecule has 0 bridgehead atoms. The van der Waals surface area contributed by atoms with Crippen LogP contribution in [0.25, 0.3) is 16.7 Å². The van der Waals surface area contributed by atoms with E-state index in [0.717, 1.165) is 67.7 Å². The summed E-state index contributed by atoms with van der Waals surface area (Å²) in [5.74, 6) is 1.91. The predicted octanol–water partition coefficient (Wildman–Crippen LogP) is 3.80. The fraction of sp³-hybridized carbons (Fsp3) is 0.348. The first-order valence-corrected chi connectivity index (χ1v) is 10.6. The number of guanidine groups is 1.